The van der Waals surface area contributed by atoms with Gasteiger partial charge in [-0.15, -0.1) is 0 Å². The van der Waals surface area contributed by atoms with Crippen molar-refractivity contribution in [2.24, 2.45) is 10.9 Å². The van der Waals surface area contributed by atoms with E-state index in [0.29, 0.717) is 47.8 Å². The molecule has 1 aromatic carbocycles. The van der Waals surface area contributed by atoms with E-state index in [1.807, 2.05) is 31.2 Å². The minimum atomic E-state index is -4.57. The standard InChI is InChI=1S/C27H34F3N7O/c1-16-8-9-37(13-16)17(2)23-25-20(11-21(33-23)27(28,29)30)24(35-36-25)18-6-5-7-19(10-18)26(14-38-15-26)12-22(31-3)34-32-4/h5-7,10-11,16-17,32H,8-9,12-15H2,1-4H3,(H,31,34)(H,35,36). The molecule has 0 saturated carbocycles. The highest BCUT2D eigenvalue weighted by atomic mass is 19.4. The maximum atomic E-state index is 14.0. The van der Waals surface area contributed by atoms with Crippen molar-refractivity contribution in [3.63, 3.8) is 0 Å². The van der Waals surface area contributed by atoms with Crippen LogP contribution in [-0.4, -0.2) is 66.3 Å². The predicted octanol–water partition coefficient (Wildman–Crippen LogP) is 4.46. The van der Waals surface area contributed by atoms with Crippen LogP contribution < -0.4 is 10.9 Å². The highest BCUT2D eigenvalue weighted by Gasteiger charge is 2.42. The van der Waals surface area contributed by atoms with Gasteiger partial charge in [-0.05, 0) is 43.5 Å². The Morgan fingerprint density at radius 3 is 2.71 bits per heavy atom. The summed E-state index contributed by atoms with van der Waals surface area (Å²) in [6, 6.07) is 8.67. The maximum absolute atomic E-state index is 14.0. The van der Waals surface area contributed by atoms with Crippen LogP contribution in [0.2, 0.25) is 0 Å². The average molecular weight is 530 g/mol. The molecule has 2 saturated heterocycles. The summed E-state index contributed by atoms with van der Waals surface area (Å²) in [6.07, 6.45) is -2.92. The molecule has 204 valence electrons. The molecule has 3 N–H and O–H groups in total. The summed E-state index contributed by atoms with van der Waals surface area (Å²) in [7, 11) is 3.51. The van der Waals surface area contributed by atoms with Gasteiger partial charge < -0.3 is 10.2 Å². The van der Waals surface area contributed by atoms with Crippen LogP contribution in [0.15, 0.2) is 35.3 Å². The minimum Gasteiger partial charge on any atom is -0.379 e. The molecule has 2 fully saturated rings. The Bertz CT molecular complexity index is 1330. The van der Waals surface area contributed by atoms with Crippen LogP contribution in [-0.2, 0) is 16.3 Å². The normalized spacial score (nSPS) is 21.0. The zero-order valence-corrected chi connectivity index (χ0v) is 22.1. The van der Waals surface area contributed by atoms with E-state index in [0.717, 1.165) is 42.5 Å². The topological polar surface area (TPSA) is 90.5 Å². The van der Waals surface area contributed by atoms with Gasteiger partial charge in [0.1, 0.15) is 17.2 Å². The average Bonchev–Trinajstić information content (AvgIpc) is 3.50. The molecule has 4 heterocycles. The molecule has 2 unspecified atom stereocenters. The van der Waals surface area contributed by atoms with E-state index in [2.05, 4.69) is 42.8 Å². The minimum absolute atomic E-state index is 0.272. The number of aliphatic imine (C=N–C) groups is 1. The van der Waals surface area contributed by atoms with Gasteiger partial charge in [-0.2, -0.15) is 18.3 Å². The third-order valence-corrected chi connectivity index (χ3v) is 7.82. The number of nitrogens with one attached hydrogen (secondary N) is 3. The molecule has 3 aromatic rings. The smallest absolute Gasteiger partial charge is 0.379 e. The molecule has 0 amide bonds. The molecule has 38 heavy (non-hydrogen) atoms. The summed E-state index contributed by atoms with van der Waals surface area (Å²) in [6.45, 7) is 6.81. The number of benzene rings is 1. The summed E-state index contributed by atoms with van der Waals surface area (Å²) in [5.74, 6) is 1.30. The lowest BCUT2D eigenvalue weighted by Crippen LogP contribution is -2.51. The number of aromatic nitrogens is 3. The molecule has 2 aliphatic heterocycles. The second-order valence-corrected chi connectivity index (χ2v) is 10.5. The van der Waals surface area contributed by atoms with Crippen LogP contribution in [0.25, 0.3) is 22.2 Å². The maximum Gasteiger partial charge on any atom is 0.433 e. The van der Waals surface area contributed by atoms with Crippen LogP contribution in [0.1, 0.15) is 49.7 Å². The monoisotopic (exact) mass is 529 g/mol. The van der Waals surface area contributed by atoms with Crippen molar-refractivity contribution in [2.45, 2.75) is 44.3 Å². The summed E-state index contributed by atoms with van der Waals surface area (Å²) < 4.78 is 47.6. The number of hydrogen-bond acceptors (Lipinski definition) is 6. The molecule has 0 aliphatic carbocycles. The third kappa shape index (κ3) is 4.90. The van der Waals surface area contributed by atoms with Gasteiger partial charge in [0.25, 0.3) is 0 Å². The summed E-state index contributed by atoms with van der Waals surface area (Å²) in [5.41, 5.74) is 7.96. The van der Waals surface area contributed by atoms with Gasteiger partial charge in [0.05, 0.1) is 30.5 Å². The first-order chi connectivity index (χ1) is 18.1. The van der Waals surface area contributed by atoms with Crippen molar-refractivity contribution >= 4 is 16.7 Å². The lowest BCUT2D eigenvalue weighted by atomic mass is 9.75. The first-order valence-corrected chi connectivity index (χ1v) is 12.9. The Hall–Kier alpha value is -3.02. The fourth-order valence-electron chi connectivity index (χ4n) is 5.56. The van der Waals surface area contributed by atoms with Crippen LogP contribution >= 0.6 is 0 Å². The number of pyridine rings is 1. The fourth-order valence-corrected chi connectivity index (χ4v) is 5.56. The van der Waals surface area contributed by atoms with E-state index in [-0.39, 0.29) is 11.5 Å². The number of fused-ring (bicyclic) bond motifs is 1. The van der Waals surface area contributed by atoms with Crippen LogP contribution in [0, 0.1) is 5.92 Å². The largest absolute Gasteiger partial charge is 0.433 e. The number of H-pyrrole nitrogens is 1. The Kier molecular flexibility index (Phi) is 7.19. The van der Waals surface area contributed by atoms with E-state index >= 15 is 0 Å². The number of rotatable bonds is 7. The zero-order chi connectivity index (χ0) is 27.1. The molecule has 0 spiro atoms. The lowest BCUT2D eigenvalue weighted by Gasteiger charge is -2.42. The van der Waals surface area contributed by atoms with Gasteiger partial charge in [0.15, 0.2) is 0 Å². The second kappa shape index (κ2) is 10.3. The SMILES string of the molecule is CN=C(CC1(c2cccc(-c3n[nH]c4c(C(C)N5CCC(C)C5)nc(C(F)(F)F)cc34)c2)COC1)NNC. The number of amidine groups is 1. The van der Waals surface area contributed by atoms with Crippen LogP contribution in [0.4, 0.5) is 13.2 Å². The van der Waals surface area contributed by atoms with E-state index in [1.54, 1.807) is 14.1 Å². The lowest BCUT2D eigenvalue weighted by molar-refractivity contribution is -0.141. The summed E-state index contributed by atoms with van der Waals surface area (Å²) >= 11 is 0. The molecule has 11 heteroatoms. The van der Waals surface area contributed by atoms with E-state index in [9.17, 15) is 13.2 Å². The zero-order valence-electron chi connectivity index (χ0n) is 22.1. The molecule has 2 atom stereocenters. The highest BCUT2D eigenvalue weighted by molar-refractivity contribution is 5.94. The van der Waals surface area contributed by atoms with Crippen molar-refractivity contribution in [1.29, 1.82) is 0 Å². The summed E-state index contributed by atoms with van der Waals surface area (Å²) in [4.78, 5) is 10.6. The number of alkyl halides is 3. The highest BCUT2D eigenvalue weighted by Crippen LogP contribution is 2.40. The molecule has 2 aromatic heterocycles. The molecular formula is C27H34F3N7O. The van der Waals surface area contributed by atoms with Gasteiger partial charge >= 0.3 is 6.18 Å². The fraction of sp³-hybridized carbons (Fsp3) is 0.519. The summed E-state index contributed by atoms with van der Waals surface area (Å²) in [5, 5.41) is 7.97. The Labute approximate surface area is 220 Å². The van der Waals surface area contributed by atoms with Gasteiger partial charge in [-0.3, -0.25) is 15.0 Å². The third-order valence-electron chi connectivity index (χ3n) is 7.82. The van der Waals surface area contributed by atoms with Gasteiger partial charge in [0.2, 0.25) is 0 Å². The molecule has 8 nitrogen and oxygen atoms in total. The Balaban J connectivity index is 1.58. The van der Waals surface area contributed by atoms with Crippen molar-refractivity contribution in [3.05, 3.63) is 47.3 Å². The quantitative estimate of drug-likeness (QED) is 0.238. The number of nitrogens with zero attached hydrogens (tertiary/aromatic N) is 4. The first-order valence-electron chi connectivity index (χ1n) is 12.9. The molecule has 0 radical (unpaired) electrons. The van der Waals surface area contributed by atoms with E-state index < -0.39 is 11.9 Å². The van der Waals surface area contributed by atoms with Crippen molar-refractivity contribution in [3.8, 4) is 11.3 Å². The van der Waals surface area contributed by atoms with Crippen molar-refractivity contribution in [2.75, 3.05) is 40.4 Å². The number of hydrazine groups is 1. The number of aromatic amines is 1. The Morgan fingerprint density at radius 1 is 1.32 bits per heavy atom. The van der Waals surface area contributed by atoms with Gasteiger partial charge in [-0.25, -0.2) is 10.4 Å². The number of likely N-dealkylation sites (tertiary alicyclic amines) is 1. The molecule has 0 bridgehead atoms. The molecular weight excluding hydrogens is 495 g/mol. The number of ether oxygens (including phenoxy) is 1. The van der Waals surface area contributed by atoms with E-state index in [4.69, 9.17) is 4.74 Å². The predicted molar refractivity (Wildman–Crippen MR) is 141 cm³/mol. The van der Waals surface area contributed by atoms with Crippen LogP contribution in [0.5, 0.6) is 0 Å². The first kappa shape index (κ1) is 26.6. The van der Waals surface area contributed by atoms with E-state index in [1.165, 1.54) is 0 Å². The molecule has 5 rings (SSSR count). The van der Waals surface area contributed by atoms with Crippen LogP contribution in [0.3, 0.4) is 0 Å². The van der Waals surface area contributed by atoms with Crippen molar-refractivity contribution < 1.29 is 17.9 Å². The van der Waals surface area contributed by atoms with Gasteiger partial charge in [-0.1, -0.05) is 25.1 Å². The number of hydrogen-bond donors (Lipinski definition) is 3. The van der Waals surface area contributed by atoms with Gasteiger partial charge in [0, 0.05) is 43.4 Å². The van der Waals surface area contributed by atoms with Crippen molar-refractivity contribution in [1.82, 2.24) is 30.9 Å². The molecule has 2 aliphatic rings. The number of halogens is 3. The second-order valence-electron chi connectivity index (χ2n) is 10.5. The Morgan fingerprint density at radius 2 is 2.11 bits per heavy atom.